The van der Waals surface area contributed by atoms with Gasteiger partial charge in [0.25, 0.3) is 0 Å². The van der Waals surface area contributed by atoms with Gasteiger partial charge in [0.1, 0.15) is 5.75 Å². The van der Waals surface area contributed by atoms with E-state index in [2.05, 4.69) is 57.8 Å². The molecular weight excluding hydrogens is 496 g/mol. The van der Waals surface area contributed by atoms with Gasteiger partial charge in [-0.3, -0.25) is 0 Å². The number of aliphatic hydroxyl groups is 2. The third-order valence-electron chi connectivity index (χ3n) is 6.92. The Morgan fingerprint density at radius 3 is 2.16 bits per heavy atom. The van der Waals surface area contributed by atoms with Crippen molar-refractivity contribution in [3.63, 3.8) is 0 Å². The average molecular weight is 543 g/mol. The van der Waals surface area contributed by atoms with Crippen LogP contribution in [0, 0.1) is 17.8 Å². The standard InChI is InChI=1S/C31H46O6Si/c1-31(2,3)38(5,6)37-30(19-20-35-22-25-11-8-7-9-12-25)27(13-10-14-28(33)21-32)24-36-23-26-15-17-29(34-4)18-16-26/h7-9,11-12,15-18,27-28,30,32-33H,14,19-24H2,1-6H3/t27-,28-,30?/m0/s1. The van der Waals surface area contributed by atoms with Gasteiger partial charge in [0.2, 0.25) is 0 Å². The van der Waals surface area contributed by atoms with Gasteiger partial charge in [-0.1, -0.05) is 69.2 Å². The van der Waals surface area contributed by atoms with Crippen LogP contribution in [0.1, 0.15) is 44.7 Å². The third kappa shape index (κ3) is 11.3. The summed E-state index contributed by atoms with van der Waals surface area (Å²) in [5, 5.41) is 19.1. The van der Waals surface area contributed by atoms with Gasteiger partial charge in [-0.25, -0.2) is 0 Å². The minimum Gasteiger partial charge on any atom is -0.497 e. The first-order valence-electron chi connectivity index (χ1n) is 13.3. The summed E-state index contributed by atoms with van der Waals surface area (Å²) in [5.74, 6) is 6.95. The van der Waals surface area contributed by atoms with Gasteiger partial charge < -0.3 is 28.8 Å². The van der Waals surface area contributed by atoms with Gasteiger partial charge in [-0.05, 0) is 47.8 Å². The van der Waals surface area contributed by atoms with Crippen LogP contribution >= 0.6 is 0 Å². The SMILES string of the molecule is COc1ccc(COC[C@H](C#CC[C@H](O)CO)C(CCOCc2ccccc2)O[Si](C)(C)C(C)(C)C)cc1. The normalized spacial score (nSPS) is 14.3. The summed E-state index contributed by atoms with van der Waals surface area (Å²) in [6, 6.07) is 17.9. The number of rotatable bonds is 15. The predicted molar refractivity (Wildman–Crippen MR) is 154 cm³/mol. The van der Waals surface area contributed by atoms with Crippen LogP contribution in [-0.2, 0) is 27.1 Å². The van der Waals surface area contributed by atoms with Gasteiger partial charge in [-0.2, -0.15) is 0 Å². The fourth-order valence-electron chi connectivity index (χ4n) is 3.50. The lowest BCUT2D eigenvalue weighted by molar-refractivity contribution is 0.0247. The molecule has 0 aliphatic heterocycles. The second-order valence-corrected chi connectivity index (χ2v) is 15.8. The lowest BCUT2D eigenvalue weighted by Crippen LogP contribution is -2.46. The van der Waals surface area contributed by atoms with Crippen molar-refractivity contribution in [3.05, 3.63) is 65.7 Å². The fourth-order valence-corrected chi connectivity index (χ4v) is 4.89. The average Bonchev–Trinajstić information content (AvgIpc) is 2.89. The van der Waals surface area contributed by atoms with Crippen molar-refractivity contribution >= 4 is 8.32 Å². The molecule has 0 amide bonds. The maximum Gasteiger partial charge on any atom is 0.192 e. The Bertz CT molecular complexity index is 975. The first-order chi connectivity index (χ1) is 18.1. The number of ether oxygens (including phenoxy) is 3. The zero-order valence-corrected chi connectivity index (χ0v) is 24.9. The van der Waals surface area contributed by atoms with Crippen LogP contribution in [0.4, 0.5) is 0 Å². The summed E-state index contributed by atoms with van der Waals surface area (Å²) in [6.45, 7) is 12.7. The Morgan fingerprint density at radius 1 is 0.921 bits per heavy atom. The minimum absolute atomic E-state index is 0.0329. The monoisotopic (exact) mass is 542 g/mol. The molecule has 2 N–H and O–H groups in total. The first kappa shape index (κ1) is 32.0. The molecule has 0 radical (unpaired) electrons. The lowest BCUT2D eigenvalue weighted by Gasteiger charge is -2.40. The van der Waals surface area contributed by atoms with Crippen LogP contribution < -0.4 is 4.74 Å². The summed E-state index contributed by atoms with van der Waals surface area (Å²) in [4.78, 5) is 0. The van der Waals surface area contributed by atoms with E-state index in [9.17, 15) is 10.2 Å². The summed E-state index contributed by atoms with van der Waals surface area (Å²) in [7, 11) is -0.471. The largest absolute Gasteiger partial charge is 0.497 e. The summed E-state index contributed by atoms with van der Waals surface area (Å²) >= 11 is 0. The van der Waals surface area contributed by atoms with Crippen molar-refractivity contribution in [1.29, 1.82) is 0 Å². The molecule has 7 heteroatoms. The van der Waals surface area contributed by atoms with Crippen molar-refractivity contribution < 1.29 is 28.8 Å². The Balaban J connectivity index is 2.16. The van der Waals surface area contributed by atoms with E-state index in [1.54, 1.807) is 7.11 Å². The fraction of sp³-hybridized carbons (Fsp3) is 0.548. The molecule has 0 fully saturated rings. The highest BCUT2D eigenvalue weighted by molar-refractivity contribution is 6.74. The van der Waals surface area contributed by atoms with Crippen molar-refractivity contribution in [2.24, 2.45) is 5.92 Å². The van der Waals surface area contributed by atoms with E-state index in [1.165, 1.54) is 0 Å². The van der Waals surface area contributed by atoms with Crippen LogP contribution in [0.3, 0.4) is 0 Å². The highest BCUT2D eigenvalue weighted by Gasteiger charge is 2.40. The zero-order valence-electron chi connectivity index (χ0n) is 23.9. The summed E-state index contributed by atoms with van der Waals surface area (Å²) in [5.41, 5.74) is 2.17. The van der Waals surface area contributed by atoms with Gasteiger partial charge in [0, 0.05) is 13.0 Å². The smallest absolute Gasteiger partial charge is 0.192 e. The minimum atomic E-state index is -2.12. The van der Waals surface area contributed by atoms with Crippen molar-refractivity contribution in [3.8, 4) is 17.6 Å². The van der Waals surface area contributed by atoms with Crippen molar-refractivity contribution in [2.75, 3.05) is 26.9 Å². The molecule has 0 saturated heterocycles. The second-order valence-electron chi connectivity index (χ2n) is 11.1. The van der Waals surface area contributed by atoms with E-state index >= 15 is 0 Å². The quantitative estimate of drug-likeness (QED) is 0.174. The molecule has 38 heavy (non-hydrogen) atoms. The van der Waals surface area contributed by atoms with Crippen LogP contribution in [0.2, 0.25) is 18.1 Å². The van der Waals surface area contributed by atoms with Crippen LogP contribution in [0.25, 0.3) is 0 Å². The molecule has 0 spiro atoms. The number of methoxy groups -OCH3 is 1. The van der Waals surface area contributed by atoms with E-state index in [-0.39, 0.29) is 30.1 Å². The maximum absolute atomic E-state index is 9.81. The van der Waals surface area contributed by atoms with Gasteiger partial charge in [0.15, 0.2) is 8.32 Å². The molecule has 0 aliphatic carbocycles. The molecule has 2 aromatic carbocycles. The highest BCUT2D eigenvalue weighted by Crippen LogP contribution is 2.38. The zero-order chi connectivity index (χ0) is 28.0. The number of aliphatic hydroxyl groups excluding tert-OH is 2. The number of hydrogen-bond donors (Lipinski definition) is 2. The Labute approximate surface area is 230 Å². The molecule has 6 nitrogen and oxygen atoms in total. The first-order valence-corrected chi connectivity index (χ1v) is 16.2. The molecule has 0 heterocycles. The lowest BCUT2D eigenvalue weighted by atomic mass is 10.0. The molecule has 210 valence electrons. The molecule has 0 aromatic heterocycles. The molecule has 0 aliphatic rings. The Hall–Kier alpha value is -2.18. The summed E-state index contributed by atoms with van der Waals surface area (Å²) in [6.07, 6.45) is -0.186. The highest BCUT2D eigenvalue weighted by atomic mass is 28.4. The number of hydrogen-bond acceptors (Lipinski definition) is 6. The van der Waals surface area contributed by atoms with E-state index in [4.69, 9.17) is 18.6 Å². The van der Waals surface area contributed by atoms with Crippen LogP contribution in [0.5, 0.6) is 5.75 Å². The predicted octanol–water partition coefficient (Wildman–Crippen LogP) is 5.57. The van der Waals surface area contributed by atoms with Crippen molar-refractivity contribution in [1.82, 2.24) is 0 Å². The number of benzene rings is 2. The molecule has 0 saturated carbocycles. The molecule has 2 rings (SSSR count). The molecule has 3 atom stereocenters. The van der Waals surface area contributed by atoms with Crippen molar-refractivity contribution in [2.45, 2.75) is 77.2 Å². The maximum atomic E-state index is 9.81. The van der Waals surface area contributed by atoms with E-state index in [1.807, 2.05) is 42.5 Å². The van der Waals surface area contributed by atoms with Crippen LogP contribution in [0.15, 0.2) is 54.6 Å². The molecular formula is C31H46O6Si. The summed E-state index contributed by atoms with van der Waals surface area (Å²) < 4.78 is 24.3. The molecule has 0 bridgehead atoms. The molecule has 2 aromatic rings. The van der Waals surface area contributed by atoms with E-state index < -0.39 is 14.4 Å². The third-order valence-corrected chi connectivity index (χ3v) is 11.4. The Kier molecular flexibility index (Phi) is 13.5. The topological polar surface area (TPSA) is 77.4 Å². The van der Waals surface area contributed by atoms with E-state index in [0.29, 0.717) is 32.8 Å². The van der Waals surface area contributed by atoms with E-state index in [0.717, 1.165) is 16.9 Å². The van der Waals surface area contributed by atoms with Gasteiger partial charge in [0.05, 0.1) is 51.7 Å². The second kappa shape index (κ2) is 16.0. The van der Waals surface area contributed by atoms with Gasteiger partial charge >= 0.3 is 0 Å². The molecule has 1 unspecified atom stereocenters. The Morgan fingerprint density at radius 2 is 1.55 bits per heavy atom. The van der Waals surface area contributed by atoms with Gasteiger partial charge in [-0.15, -0.1) is 5.92 Å². The van der Waals surface area contributed by atoms with Crippen LogP contribution in [-0.4, -0.2) is 57.7 Å².